The molecular weight excluding hydrogens is 228 g/mol. The third kappa shape index (κ3) is 5.13. The average Bonchev–Trinajstić information content (AvgIpc) is 2.08. The molecular formula is C7H10O7S. The first-order valence-electron chi connectivity index (χ1n) is 3.78. The topological polar surface area (TPSA) is 118 Å². The van der Waals surface area contributed by atoms with Crippen molar-refractivity contribution in [3.8, 4) is 0 Å². The average molecular weight is 238 g/mol. The van der Waals surface area contributed by atoms with Crippen LogP contribution >= 0.6 is 0 Å². The predicted molar refractivity (Wildman–Crippen MR) is 48.5 cm³/mol. The number of hydrogen-bond donors (Lipinski definition) is 2. The number of allylic oxidation sites excluding steroid dienone is 1. The predicted octanol–water partition coefficient (Wildman–Crippen LogP) is -0.206. The van der Waals surface area contributed by atoms with Gasteiger partial charge >= 0.3 is 11.9 Å². The zero-order chi connectivity index (χ0) is 12.1. The summed E-state index contributed by atoms with van der Waals surface area (Å²) in [7, 11) is -4.78. The zero-order valence-corrected chi connectivity index (χ0v) is 8.60. The molecule has 0 spiro atoms. The Balaban J connectivity index is 4.79. The van der Waals surface area contributed by atoms with Crippen molar-refractivity contribution in [3.05, 3.63) is 12.3 Å². The van der Waals surface area contributed by atoms with Gasteiger partial charge in [-0.25, -0.2) is 0 Å². The van der Waals surface area contributed by atoms with Gasteiger partial charge in [-0.3, -0.25) is 14.1 Å². The van der Waals surface area contributed by atoms with E-state index in [9.17, 15) is 18.0 Å². The Morgan fingerprint density at radius 1 is 1.47 bits per heavy atom. The van der Waals surface area contributed by atoms with Gasteiger partial charge in [0, 0.05) is 0 Å². The first-order chi connectivity index (χ1) is 6.79. The van der Waals surface area contributed by atoms with Crippen LogP contribution in [0.1, 0.15) is 13.3 Å². The maximum Gasteiger partial charge on any atom is 0.332 e. The normalized spacial score (nSPS) is 13.7. The van der Waals surface area contributed by atoms with E-state index in [1.54, 1.807) is 0 Å². The second kappa shape index (κ2) is 5.47. The summed E-state index contributed by atoms with van der Waals surface area (Å²) in [4.78, 5) is 21.2. The van der Waals surface area contributed by atoms with E-state index in [-0.39, 0.29) is 0 Å². The van der Waals surface area contributed by atoms with E-state index >= 15 is 0 Å². The molecule has 0 fully saturated rings. The van der Waals surface area contributed by atoms with Gasteiger partial charge < -0.3 is 9.84 Å². The third-order valence-corrected chi connectivity index (χ3v) is 2.38. The van der Waals surface area contributed by atoms with Gasteiger partial charge in [-0.15, -0.1) is 0 Å². The Labute approximate surface area is 86.1 Å². The lowest BCUT2D eigenvalue weighted by Gasteiger charge is -2.08. The molecule has 0 saturated heterocycles. The van der Waals surface area contributed by atoms with E-state index in [0.29, 0.717) is 0 Å². The zero-order valence-electron chi connectivity index (χ0n) is 7.78. The molecule has 0 aromatic heterocycles. The minimum atomic E-state index is -4.78. The van der Waals surface area contributed by atoms with Crippen LogP contribution < -0.4 is 0 Å². The quantitative estimate of drug-likeness (QED) is 0.386. The molecule has 0 aliphatic carbocycles. The molecule has 0 aliphatic rings. The molecule has 7 nitrogen and oxygen atoms in total. The van der Waals surface area contributed by atoms with E-state index in [4.69, 9.17) is 9.66 Å². The van der Waals surface area contributed by atoms with Gasteiger partial charge in [0.05, 0.1) is 12.7 Å². The molecule has 15 heavy (non-hydrogen) atoms. The molecule has 8 heteroatoms. The third-order valence-electron chi connectivity index (χ3n) is 1.30. The first-order valence-corrected chi connectivity index (χ1v) is 5.29. The highest BCUT2D eigenvalue weighted by molar-refractivity contribution is 7.87. The summed E-state index contributed by atoms with van der Waals surface area (Å²) < 4.78 is 34.1. The SMILES string of the molecule is CC=COC(=O)C(CC(=O)O)S(=O)(=O)O. The van der Waals surface area contributed by atoms with Crippen LogP contribution in [0.2, 0.25) is 0 Å². The molecule has 0 aromatic carbocycles. The van der Waals surface area contributed by atoms with E-state index in [1.165, 1.54) is 13.0 Å². The van der Waals surface area contributed by atoms with Crippen LogP contribution in [0.3, 0.4) is 0 Å². The standard InChI is InChI=1S/C7H10O7S/c1-2-3-14-7(10)5(4-6(8)9)15(11,12)13/h2-3,5H,4H2,1H3,(H,8,9)(H,11,12,13). The van der Waals surface area contributed by atoms with Crippen LogP contribution in [-0.4, -0.2) is 35.3 Å². The van der Waals surface area contributed by atoms with Gasteiger partial charge in [0.2, 0.25) is 0 Å². The highest BCUT2D eigenvalue weighted by Gasteiger charge is 2.34. The fraction of sp³-hybridized carbons (Fsp3) is 0.429. The molecule has 0 rings (SSSR count). The van der Waals surface area contributed by atoms with Crippen molar-refractivity contribution >= 4 is 22.1 Å². The van der Waals surface area contributed by atoms with Crippen molar-refractivity contribution < 1.29 is 32.4 Å². The van der Waals surface area contributed by atoms with Gasteiger partial charge in [-0.2, -0.15) is 8.42 Å². The summed E-state index contributed by atoms with van der Waals surface area (Å²) in [6, 6.07) is 0. The molecule has 2 N–H and O–H groups in total. The van der Waals surface area contributed by atoms with E-state index in [0.717, 1.165) is 6.26 Å². The van der Waals surface area contributed by atoms with Gasteiger partial charge in [0.1, 0.15) is 0 Å². The summed E-state index contributed by atoms with van der Waals surface area (Å²) in [6.45, 7) is 1.51. The van der Waals surface area contributed by atoms with Gasteiger partial charge in [-0.1, -0.05) is 6.08 Å². The molecule has 1 atom stereocenters. The Morgan fingerprint density at radius 3 is 2.33 bits per heavy atom. The van der Waals surface area contributed by atoms with Crippen molar-refractivity contribution in [2.75, 3.05) is 0 Å². The molecule has 86 valence electrons. The van der Waals surface area contributed by atoms with Gasteiger partial charge in [0.25, 0.3) is 10.1 Å². The van der Waals surface area contributed by atoms with Crippen molar-refractivity contribution in [2.45, 2.75) is 18.6 Å². The number of rotatable bonds is 5. The summed E-state index contributed by atoms with van der Waals surface area (Å²) >= 11 is 0. The molecule has 0 radical (unpaired) electrons. The van der Waals surface area contributed by atoms with Crippen LogP contribution in [0, 0.1) is 0 Å². The lowest BCUT2D eigenvalue weighted by Crippen LogP contribution is -2.33. The number of hydrogen-bond acceptors (Lipinski definition) is 5. The van der Waals surface area contributed by atoms with Crippen LogP contribution in [-0.2, 0) is 24.4 Å². The fourth-order valence-corrected chi connectivity index (χ4v) is 1.33. The largest absolute Gasteiger partial charge is 0.481 e. The fourth-order valence-electron chi connectivity index (χ4n) is 0.680. The Hall–Kier alpha value is -1.41. The number of carbonyl (C=O) groups is 2. The second-order valence-corrected chi connectivity index (χ2v) is 4.11. The molecule has 0 aromatic rings. The summed E-state index contributed by atoms with van der Waals surface area (Å²) in [5.41, 5.74) is 0. The monoisotopic (exact) mass is 238 g/mol. The number of aliphatic carboxylic acids is 1. The van der Waals surface area contributed by atoms with Gasteiger partial charge in [-0.05, 0) is 6.92 Å². The maximum atomic E-state index is 11.0. The smallest absolute Gasteiger partial charge is 0.332 e. The molecule has 0 aliphatic heterocycles. The minimum absolute atomic E-state index is 0.891. The summed E-state index contributed by atoms with van der Waals surface area (Å²) in [6.07, 6.45) is 1.15. The van der Waals surface area contributed by atoms with Crippen molar-refractivity contribution in [1.82, 2.24) is 0 Å². The van der Waals surface area contributed by atoms with Crippen LogP contribution in [0.25, 0.3) is 0 Å². The number of carboxylic acids is 1. The first kappa shape index (κ1) is 13.6. The Kier molecular flexibility index (Phi) is 4.95. The molecule has 0 saturated carbocycles. The summed E-state index contributed by atoms with van der Waals surface area (Å²) in [5.74, 6) is -2.87. The van der Waals surface area contributed by atoms with E-state index < -0.39 is 33.7 Å². The Morgan fingerprint density at radius 2 is 2.00 bits per heavy atom. The van der Waals surface area contributed by atoms with E-state index in [1.807, 2.05) is 0 Å². The van der Waals surface area contributed by atoms with Crippen molar-refractivity contribution in [1.29, 1.82) is 0 Å². The highest BCUT2D eigenvalue weighted by atomic mass is 32.2. The molecule has 0 amide bonds. The van der Waals surface area contributed by atoms with Gasteiger partial charge in [0.15, 0.2) is 5.25 Å². The number of carboxylic acid groups (broad SMARTS) is 1. The number of ether oxygens (including phenoxy) is 1. The Bertz CT molecular complexity index is 367. The lowest BCUT2D eigenvalue weighted by molar-refractivity contribution is -0.143. The number of carbonyl (C=O) groups excluding carboxylic acids is 1. The molecule has 0 heterocycles. The second-order valence-electron chi connectivity index (χ2n) is 2.51. The van der Waals surface area contributed by atoms with Crippen molar-refractivity contribution in [3.63, 3.8) is 0 Å². The lowest BCUT2D eigenvalue weighted by atomic mass is 10.3. The van der Waals surface area contributed by atoms with Crippen LogP contribution in [0.4, 0.5) is 0 Å². The van der Waals surface area contributed by atoms with Crippen molar-refractivity contribution in [2.24, 2.45) is 0 Å². The van der Waals surface area contributed by atoms with E-state index in [2.05, 4.69) is 4.74 Å². The molecule has 0 bridgehead atoms. The maximum absolute atomic E-state index is 11.0. The van der Waals surface area contributed by atoms with Crippen LogP contribution in [0.15, 0.2) is 12.3 Å². The number of esters is 1. The minimum Gasteiger partial charge on any atom is -0.481 e. The molecule has 1 unspecified atom stereocenters. The summed E-state index contributed by atoms with van der Waals surface area (Å²) in [5, 5.41) is 6.21. The highest BCUT2D eigenvalue weighted by Crippen LogP contribution is 2.07. The van der Waals surface area contributed by atoms with Crippen LogP contribution in [0.5, 0.6) is 0 Å².